The van der Waals surface area contributed by atoms with Gasteiger partial charge >= 0.3 is 0 Å². The van der Waals surface area contributed by atoms with Crippen LogP contribution in [-0.2, 0) is 14.3 Å². The van der Waals surface area contributed by atoms with E-state index in [0.29, 0.717) is 31.9 Å². The molecule has 1 aromatic rings. The standard InChI is InChI=1S/C19H26FN3O3/c20-16-6-2-3-7-17(16)21-10-12-23(13-11-21)19(25)15-26-14-18(24)22-8-4-1-5-9-22/h2-3,6-7H,1,4-5,8-15H2. The van der Waals surface area contributed by atoms with E-state index in [1.165, 1.54) is 12.5 Å². The van der Waals surface area contributed by atoms with Crippen LogP contribution in [0.3, 0.4) is 0 Å². The molecule has 0 aliphatic carbocycles. The Morgan fingerprint density at radius 2 is 1.42 bits per heavy atom. The summed E-state index contributed by atoms with van der Waals surface area (Å²) in [5, 5.41) is 0. The first kappa shape index (κ1) is 18.6. The maximum absolute atomic E-state index is 13.8. The second kappa shape index (κ2) is 8.98. The Bertz CT molecular complexity index is 626. The highest BCUT2D eigenvalue weighted by Gasteiger charge is 2.23. The summed E-state index contributed by atoms with van der Waals surface area (Å²) in [5.41, 5.74) is 0.572. The molecule has 2 heterocycles. The van der Waals surface area contributed by atoms with Crippen molar-refractivity contribution in [3.63, 3.8) is 0 Å². The predicted octanol–water partition coefficient (Wildman–Crippen LogP) is 1.50. The van der Waals surface area contributed by atoms with Crippen LogP contribution in [0.15, 0.2) is 24.3 Å². The zero-order valence-corrected chi connectivity index (χ0v) is 15.0. The van der Waals surface area contributed by atoms with Gasteiger partial charge in [0.1, 0.15) is 19.0 Å². The SMILES string of the molecule is O=C(COCC(=O)N1CCN(c2ccccc2F)CC1)N1CCCCC1. The van der Waals surface area contributed by atoms with Gasteiger partial charge in [0.15, 0.2) is 0 Å². The summed E-state index contributed by atoms with van der Waals surface area (Å²) in [6, 6.07) is 6.67. The van der Waals surface area contributed by atoms with Gasteiger partial charge < -0.3 is 19.4 Å². The third-order valence-corrected chi connectivity index (χ3v) is 4.99. The van der Waals surface area contributed by atoms with Gasteiger partial charge in [-0.05, 0) is 31.4 Å². The molecule has 0 spiro atoms. The molecule has 142 valence electrons. The van der Waals surface area contributed by atoms with E-state index in [-0.39, 0.29) is 30.8 Å². The van der Waals surface area contributed by atoms with Crippen LogP contribution in [0.2, 0.25) is 0 Å². The minimum Gasteiger partial charge on any atom is -0.366 e. The van der Waals surface area contributed by atoms with Crippen molar-refractivity contribution in [1.82, 2.24) is 9.80 Å². The van der Waals surface area contributed by atoms with E-state index in [0.717, 1.165) is 25.9 Å². The largest absolute Gasteiger partial charge is 0.366 e. The molecule has 0 N–H and O–H groups in total. The normalized spacial score (nSPS) is 18.1. The third kappa shape index (κ3) is 4.72. The topological polar surface area (TPSA) is 53.1 Å². The number of para-hydroxylation sites is 1. The summed E-state index contributed by atoms with van der Waals surface area (Å²) in [6.07, 6.45) is 3.25. The van der Waals surface area contributed by atoms with Gasteiger partial charge in [0.25, 0.3) is 0 Å². The molecule has 0 unspecified atom stereocenters. The van der Waals surface area contributed by atoms with Gasteiger partial charge in [-0.3, -0.25) is 9.59 Å². The number of likely N-dealkylation sites (tertiary alicyclic amines) is 1. The number of anilines is 1. The maximum Gasteiger partial charge on any atom is 0.248 e. The van der Waals surface area contributed by atoms with Gasteiger partial charge in [0, 0.05) is 39.3 Å². The van der Waals surface area contributed by atoms with Crippen molar-refractivity contribution in [3.05, 3.63) is 30.1 Å². The fourth-order valence-electron chi connectivity index (χ4n) is 3.46. The Hall–Kier alpha value is -2.15. The summed E-state index contributed by atoms with van der Waals surface area (Å²) >= 11 is 0. The minimum absolute atomic E-state index is 0.0399. The van der Waals surface area contributed by atoms with Crippen molar-refractivity contribution in [3.8, 4) is 0 Å². The van der Waals surface area contributed by atoms with Crippen molar-refractivity contribution in [1.29, 1.82) is 0 Å². The first-order valence-electron chi connectivity index (χ1n) is 9.28. The van der Waals surface area contributed by atoms with Gasteiger partial charge in [0.2, 0.25) is 11.8 Å². The number of carbonyl (C=O) groups is 2. The first-order chi connectivity index (χ1) is 12.6. The predicted molar refractivity (Wildman–Crippen MR) is 96.4 cm³/mol. The number of ether oxygens (including phenoxy) is 1. The molecule has 7 heteroatoms. The van der Waals surface area contributed by atoms with Crippen LogP contribution in [0.25, 0.3) is 0 Å². The number of piperazine rings is 1. The zero-order chi connectivity index (χ0) is 18.4. The molecular formula is C19H26FN3O3. The number of hydrogen-bond acceptors (Lipinski definition) is 4. The molecule has 0 bridgehead atoms. The molecule has 3 rings (SSSR count). The highest BCUT2D eigenvalue weighted by atomic mass is 19.1. The van der Waals surface area contributed by atoms with Crippen LogP contribution in [0, 0.1) is 5.82 Å². The van der Waals surface area contributed by atoms with E-state index in [4.69, 9.17) is 4.74 Å². The second-order valence-electron chi connectivity index (χ2n) is 6.75. The quantitative estimate of drug-likeness (QED) is 0.796. The van der Waals surface area contributed by atoms with E-state index >= 15 is 0 Å². The number of rotatable bonds is 5. The van der Waals surface area contributed by atoms with E-state index in [1.807, 2.05) is 11.0 Å². The van der Waals surface area contributed by atoms with E-state index in [2.05, 4.69) is 0 Å². The Morgan fingerprint density at radius 1 is 0.846 bits per heavy atom. The summed E-state index contributed by atoms with van der Waals surface area (Å²) < 4.78 is 19.2. The summed E-state index contributed by atoms with van der Waals surface area (Å²) in [4.78, 5) is 29.7. The maximum atomic E-state index is 13.8. The zero-order valence-electron chi connectivity index (χ0n) is 15.0. The van der Waals surface area contributed by atoms with Crippen molar-refractivity contribution >= 4 is 17.5 Å². The van der Waals surface area contributed by atoms with Crippen LogP contribution in [-0.4, -0.2) is 74.1 Å². The Kier molecular flexibility index (Phi) is 6.44. The summed E-state index contributed by atoms with van der Waals surface area (Å²) in [5.74, 6) is -0.404. The molecule has 26 heavy (non-hydrogen) atoms. The molecule has 2 saturated heterocycles. The fraction of sp³-hybridized carbons (Fsp3) is 0.579. The van der Waals surface area contributed by atoms with Crippen LogP contribution in [0.1, 0.15) is 19.3 Å². The minimum atomic E-state index is -0.244. The second-order valence-corrected chi connectivity index (χ2v) is 6.75. The van der Waals surface area contributed by atoms with Gasteiger partial charge in [0.05, 0.1) is 5.69 Å². The number of amides is 2. The molecule has 2 fully saturated rings. The smallest absolute Gasteiger partial charge is 0.248 e. The molecule has 0 radical (unpaired) electrons. The van der Waals surface area contributed by atoms with Crippen molar-refractivity contribution in [2.45, 2.75) is 19.3 Å². The van der Waals surface area contributed by atoms with Crippen molar-refractivity contribution in [2.75, 3.05) is 57.4 Å². The summed E-state index contributed by atoms with van der Waals surface area (Å²) in [6.45, 7) is 3.66. The van der Waals surface area contributed by atoms with Gasteiger partial charge in [-0.1, -0.05) is 12.1 Å². The monoisotopic (exact) mass is 363 g/mol. The highest BCUT2D eigenvalue weighted by molar-refractivity contribution is 5.80. The van der Waals surface area contributed by atoms with Crippen molar-refractivity contribution < 1.29 is 18.7 Å². The Balaban J connectivity index is 1.38. The molecule has 2 aliphatic rings. The van der Waals surface area contributed by atoms with E-state index in [9.17, 15) is 14.0 Å². The summed E-state index contributed by atoms with van der Waals surface area (Å²) in [7, 11) is 0. The number of halogens is 1. The lowest BCUT2D eigenvalue weighted by molar-refractivity contribution is -0.142. The van der Waals surface area contributed by atoms with Crippen molar-refractivity contribution in [2.24, 2.45) is 0 Å². The molecule has 0 saturated carbocycles. The molecular weight excluding hydrogens is 337 g/mol. The lowest BCUT2D eigenvalue weighted by atomic mass is 10.1. The van der Waals surface area contributed by atoms with Crippen LogP contribution >= 0.6 is 0 Å². The lowest BCUT2D eigenvalue weighted by Crippen LogP contribution is -2.50. The molecule has 0 atom stereocenters. The number of nitrogens with zero attached hydrogens (tertiary/aromatic N) is 3. The third-order valence-electron chi connectivity index (χ3n) is 4.99. The Labute approximate surface area is 153 Å². The molecule has 0 aromatic heterocycles. The molecule has 6 nitrogen and oxygen atoms in total. The average Bonchev–Trinajstić information content (AvgIpc) is 2.69. The van der Waals surface area contributed by atoms with Gasteiger partial charge in [-0.2, -0.15) is 0 Å². The fourth-order valence-corrected chi connectivity index (χ4v) is 3.46. The first-order valence-corrected chi connectivity index (χ1v) is 9.28. The Morgan fingerprint density at radius 3 is 2.04 bits per heavy atom. The van der Waals surface area contributed by atoms with E-state index in [1.54, 1.807) is 21.9 Å². The number of piperidine rings is 1. The average molecular weight is 363 g/mol. The van der Waals surface area contributed by atoms with Crippen LogP contribution in [0.4, 0.5) is 10.1 Å². The molecule has 2 aliphatic heterocycles. The van der Waals surface area contributed by atoms with Gasteiger partial charge in [-0.25, -0.2) is 4.39 Å². The van der Waals surface area contributed by atoms with E-state index < -0.39 is 0 Å². The number of hydrogen-bond donors (Lipinski definition) is 0. The molecule has 1 aromatic carbocycles. The lowest BCUT2D eigenvalue weighted by Gasteiger charge is -2.36. The number of benzene rings is 1. The van der Waals surface area contributed by atoms with Gasteiger partial charge in [-0.15, -0.1) is 0 Å². The van der Waals surface area contributed by atoms with Crippen LogP contribution in [0.5, 0.6) is 0 Å². The molecule has 2 amide bonds. The number of carbonyl (C=O) groups excluding carboxylic acids is 2. The van der Waals surface area contributed by atoms with Crippen LogP contribution < -0.4 is 4.90 Å². The highest BCUT2D eigenvalue weighted by Crippen LogP contribution is 2.20.